The van der Waals surface area contributed by atoms with E-state index in [9.17, 15) is 0 Å². The highest BCUT2D eigenvalue weighted by atomic mass is 16.5. The van der Waals surface area contributed by atoms with Crippen molar-refractivity contribution in [3.63, 3.8) is 0 Å². The summed E-state index contributed by atoms with van der Waals surface area (Å²) in [5.41, 5.74) is 2.54. The highest BCUT2D eigenvalue weighted by Crippen LogP contribution is 2.14. The Bertz CT molecular complexity index is 462. The van der Waals surface area contributed by atoms with Gasteiger partial charge in [0.05, 0.1) is 12.6 Å². The Labute approximate surface area is 134 Å². The van der Waals surface area contributed by atoms with Crippen LogP contribution in [-0.4, -0.2) is 43.2 Å². The normalized spacial score (nSPS) is 16.9. The Hall–Kier alpha value is -1.55. The molecule has 1 heterocycles. The van der Waals surface area contributed by atoms with Crippen molar-refractivity contribution in [3.05, 3.63) is 35.4 Å². The van der Waals surface area contributed by atoms with Crippen LogP contribution in [0.1, 0.15) is 37.8 Å². The van der Waals surface area contributed by atoms with Crippen molar-refractivity contribution in [2.45, 2.75) is 46.3 Å². The van der Waals surface area contributed by atoms with Crippen LogP contribution >= 0.6 is 0 Å². The minimum atomic E-state index is 0.418. The van der Waals surface area contributed by atoms with Crippen LogP contribution in [0.15, 0.2) is 29.3 Å². The fraction of sp³-hybridized carbons (Fsp3) is 0.611. The average molecular weight is 303 g/mol. The fourth-order valence-corrected chi connectivity index (χ4v) is 2.76. The lowest BCUT2D eigenvalue weighted by Gasteiger charge is -2.34. The number of piperidine rings is 1. The Balaban J connectivity index is 1.94. The van der Waals surface area contributed by atoms with Gasteiger partial charge in [0.2, 0.25) is 0 Å². The molecule has 0 saturated carbocycles. The first-order valence-corrected chi connectivity index (χ1v) is 8.43. The summed E-state index contributed by atoms with van der Waals surface area (Å²) in [5.74, 6) is 1.03. The first kappa shape index (κ1) is 16.8. The number of likely N-dealkylation sites (tertiary alicyclic amines) is 1. The van der Waals surface area contributed by atoms with E-state index in [0.29, 0.717) is 6.10 Å². The Kier molecular flexibility index (Phi) is 6.72. The summed E-state index contributed by atoms with van der Waals surface area (Å²) >= 11 is 0. The Morgan fingerprint density at radius 2 is 1.91 bits per heavy atom. The third-order valence-corrected chi connectivity index (χ3v) is 4.01. The molecule has 4 heteroatoms. The van der Waals surface area contributed by atoms with Crippen LogP contribution in [0.5, 0.6) is 0 Å². The summed E-state index contributed by atoms with van der Waals surface area (Å²) in [6.07, 6.45) is 2.59. The molecule has 2 rings (SSSR count). The highest BCUT2D eigenvalue weighted by molar-refractivity contribution is 5.80. The van der Waals surface area contributed by atoms with Gasteiger partial charge in [-0.3, -0.25) is 0 Å². The molecule has 22 heavy (non-hydrogen) atoms. The van der Waals surface area contributed by atoms with E-state index < -0.39 is 0 Å². The Morgan fingerprint density at radius 3 is 2.50 bits per heavy atom. The number of hydrogen-bond acceptors (Lipinski definition) is 2. The summed E-state index contributed by atoms with van der Waals surface area (Å²) in [5, 5.41) is 3.42. The number of rotatable bonds is 5. The second kappa shape index (κ2) is 8.79. The maximum Gasteiger partial charge on any atom is 0.194 e. The molecular formula is C18H29N3O. The number of guanidine groups is 1. The second-order valence-electron chi connectivity index (χ2n) is 5.80. The number of benzene rings is 1. The van der Waals surface area contributed by atoms with Gasteiger partial charge in [-0.1, -0.05) is 29.8 Å². The van der Waals surface area contributed by atoms with Gasteiger partial charge < -0.3 is 15.0 Å². The number of hydrogen-bond donors (Lipinski definition) is 1. The van der Waals surface area contributed by atoms with Crippen molar-refractivity contribution in [2.24, 2.45) is 4.99 Å². The standard InChI is InChI=1S/C18H29N3O/c1-4-19-18(20-14-16-8-6-15(3)7-9-16)21-12-10-17(11-13-21)22-5-2/h6-9,17H,4-5,10-14H2,1-3H3,(H,19,20). The fourth-order valence-electron chi connectivity index (χ4n) is 2.76. The predicted octanol–water partition coefficient (Wildman–Crippen LogP) is 2.96. The summed E-state index contributed by atoms with van der Waals surface area (Å²) in [6, 6.07) is 8.60. The molecule has 4 nitrogen and oxygen atoms in total. The molecule has 0 aromatic heterocycles. The van der Waals surface area contributed by atoms with Gasteiger partial charge in [-0.25, -0.2) is 4.99 Å². The van der Waals surface area contributed by atoms with Crippen LogP contribution < -0.4 is 5.32 Å². The smallest absolute Gasteiger partial charge is 0.194 e. The van der Waals surface area contributed by atoms with Crippen molar-refractivity contribution < 1.29 is 4.74 Å². The van der Waals surface area contributed by atoms with Gasteiger partial charge >= 0.3 is 0 Å². The molecule has 0 atom stereocenters. The number of aliphatic imine (C=N–C) groups is 1. The largest absolute Gasteiger partial charge is 0.378 e. The second-order valence-corrected chi connectivity index (χ2v) is 5.80. The molecule has 1 aromatic rings. The first-order chi connectivity index (χ1) is 10.7. The number of ether oxygens (including phenoxy) is 1. The predicted molar refractivity (Wildman–Crippen MR) is 92.2 cm³/mol. The zero-order valence-corrected chi connectivity index (χ0v) is 14.1. The van der Waals surface area contributed by atoms with E-state index in [4.69, 9.17) is 9.73 Å². The van der Waals surface area contributed by atoms with Gasteiger partial charge in [0, 0.05) is 26.2 Å². The monoisotopic (exact) mass is 303 g/mol. The van der Waals surface area contributed by atoms with E-state index in [1.165, 1.54) is 11.1 Å². The van der Waals surface area contributed by atoms with Gasteiger partial charge in [-0.05, 0) is 39.2 Å². The van der Waals surface area contributed by atoms with E-state index in [0.717, 1.165) is 51.6 Å². The average Bonchev–Trinajstić information content (AvgIpc) is 2.54. The van der Waals surface area contributed by atoms with E-state index in [2.05, 4.69) is 55.3 Å². The molecular weight excluding hydrogens is 274 g/mol. The van der Waals surface area contributed by atoms with Crippen molar-refractivity contribution in [1.29, 1.82) is 0 Å². The maximum absolute atomic E-state index is 5.72. The molecule has 0 aliphatic carbocycles. The molecule has 1 aliphatic heterocycles. The van der Waals surface area contributed by atoms with Crippen molar-refractivity contribution in [3.8, 4) is 0 Å². The van der Waals surface area contributed by atoms with E-state index >= 15 is 0 Å². The zero-order valence-electron chi connectivity index (χ0n) is 14.1. The minimum absolute atomic E-state index is 0.418. The van der Waals surface area contributed by atoms with Crippen molar-refractivity contribution in [2.75, 3.05) is 26.2 Å². The summed E-state index contributed by atoms with van der Waals surface area (Å²) in [6.45, 7) is 10.8. The van der Waals surface area contributed by atoms with Crippen LogP contribution in [0, 0.1) is 6.92 Å². The highest BCUT2D eigenvalue weighted by Gasteiger charge is 2.21. The van der Waals surface area contributed by atoms with Crippen LogP contribution in [0.2, 0.25) is 0 Å². The molecule has 1 N–H and O–H groups in total. The SMILES string of the molecule is CCNC(=NCc1ccc(C)cc1)N1CCC(OCC)CC1. The maximum atomic E-state index is 5.72. The van der Waals surface area contributed by atoms with Gasteiger partial charge in [0.1, 0.15) is 0 Å². The molecule has 0 amide bonds. The van der Waals surface area contributed by atoms with Gasteiger partial charge in [0.25, 0.3) is 0 Å². The first-order valence-electron chi connectivity index (χ1n) is 8.43. The van der Waals surface area contributed by atoms with E-state index in [1.807, 2.05) is 0 Å². The molecule has 0 radical (unpaired) electrons. The van der Waals surface area contributed by atoms with Crippen LogP contribution in [-0.2, 0) is 11.3 Å². The van der Waals surface area contributed by atoms with Crippen LogP contribution in [0.4, 0.5) is 0 Å². The summed E-state index contributed by atoms with van der Waals surface area (Å²) in [7, 11) is 0. The molecule has 0 bridgehead atoms. The number of nitrogens with one attached hydrogen (secondary N) is 1. The van der Waals surface area contributed by atoms with Crippen molar-refractivity contribution in [1.82, 2.24) is 10.2 Å². The molecule has 0 unspecified atom stereocenters. The topological polar surface area (TPSA) is 36.9 Å². The van der Waals surface area contributed by atoms with Crippen LogP contribution in [0.3, 0.4) is 0 Å². The zero-order chi connectivity index (χ0) is 15.8. The van der Waals surface area contributed by atoms with Gasteiger partial charge in [-0.15, -0.1) is 0 Å². The minimum Gasteiger partial charge on any atom is -0.378 e. The lowest BCUT2D eigenvalue weighted by Crippen LogP contribution is -2.47. The molecule has 0 spiro atoms. The number of nitrogens with zero attached hydrogens (tertiary/aromatic N) is 2. The third kappa shape index (κ3) is 5.02. The lowest BCUT2D eigenvalue weighted by molar-refractivity contribution is 0.0263. The molecule has 1 saturated heterocycles. The third-order valence-electron chi connectivity index (χ3n) is 4.01. The van der Waals surface area contributed by atoms with E-state index in [1.54, 1.807) is 0 Å². The summed E-state index contributed by atoms with van der Waals surface area (Å²) in [4.78, 5) is 7.15. The lowest BCUT2D eigenvalue weighted by atomic mass is 10.1. The van der Waals surface area contributed by atoms with Crippen molar-refractivity contribution >= 4 is 5.96 Å². The summed E-state index contributed by atoms with van der Waals surface area (Å²) < 4.78 is 5.72. The van der Waals surface area contributed by atoms with Gasteiger partial charge in [-0.2, -0.15) is 0 Å². The van der Waals surface area contributed by atoms with Crippen LogP contribution in [0.25, 0.3) is 0 Å². The molecule has 1 fully saturated rings. The van der Waals surface area contributed by atoms with E-state index in [-0.39, 0.29) is 0 Å². The Morgan fingerprint density at radius 1 is 1.23 bits per heavy atom. The quantitative estimate of drug-likeness (QED) is 0.671. The molecule has 1 aromatic carbocycles. The molecule has 1 aliphatic rings. The van der Waals surface area contributed by atoms with Gasteiger partial charge in [0.15, 0.2) is 5.96 Å². The molecule has 122 valence electrons. The number of aryl methyl sites for hydroxylation is 1.